The monoisotopic (exact) mass is 405 g/mol. The molecule has 0 saturated heterocycles. The van der Waals surface area contributed by atoms with E-state index in [2.05, 4.69) is 4.98 Å². The average molecular weight is 406 g/mol. The molecule has 1 aromatic heterocycles. The minimum atomic E-state index is -0.532. The van der Waals surface area contributed by atoms with Crippen LogP contribution in [-0.4, -0.2) is 24.7 Å². The number of carbonyl (C=O) groups is 1. The summed E-state index contributed by atoms with van der Waals surface area (Å²) in [4.78, 5) is 17.4. The van der Waals surface area contributed by atoms with Gasteiger partial charge >= 0.3 is 5.97 Å². The zero-order valence-electron chi connectivity index (χ0n) is 14.8. The number of halogens is 2. The second-order valence-corrected chi connectivity index (χ2v) is 7.12. The second kappa shape index (κ2) is 8.50. The summed E-state index contributed by atoms with van der Waals surface area (Å²) < 4.78 is 24.2. The minimum absolute atomic E-state index is 0.0382. The third-order valence-corrected chi connectivity index (χ3v) is 5.25. The third-order valence-electron chi connectivity index (χ3n) is 3.84. The first-order chi connectivity index (χ1) is 13.0. The molecule has 0 fully saturated rings. The van der Waals surface area contributed by atoms with Crippen LogP contribution in [0, 0.1) is 5.82 Å². The van der Waals surface area contributed by atoms with Gasteiger partial charge < -0.3 is 9.47 Å². The molecule has 0 bridgehead atoms. The molecule has 0 saturated carbocycles. The van der Waals surface area contributed by atoms with Crippen LogP contribution in [0.5, 0.6) is 5.75 Å². The summed E-state index contributed by atoms with van der Waals surface area (Å²) in [7, 11) is 1.60. The molecule has 0 N–H and O–H groups in total. The van der Waals surface area contributed by atoms with Crippen LogP contribution in [0.1, 0.15) is 11.8 Å². The largest absolute Gasteiger partial charge is 0.497 e. The minimum Gasteiger partial charge on any atom is -0.497 e. The van der Waals surface area contributed by atoms with Crippen LogP contribution < -0.4 is 4.74 Å². The van der Waals surface area contributed by atoms with Crippen LogP contribution >= 0.6 is 22.9 Å². The Morgan fingerprint density at radius 2 is 1.89 bits per heavy atom. The van der Waals surface area contributed by atoms with Crippen molar-refractivity contribution in [2.45, 2.75) is 13.3 Å². The first kappa shape index (κ1) is 19.3. The first-order valence-corrected chi connectivity index (χ1v) is 9.46. The number of esters is 1. The Hall–Kier alpha value is -2.44. The number of thiazole rings is 1. The Labute approximate surface area is 165 Å². The number of rotatable bonds is 6. The highest BCUT2D eigenvalue weighted by atomic mass is 35.5. The molecule has 3 rings (SSSR count). The van der Waals surface area contributed by atoms with Crippen molar-refractivity contribution in [2.75, 3.05) is 13.7 Å². The van der Waals surface area contributed by atoms with Crippen LogP contribution in [0.4, 0.5) is 4.39 Å². The number of benzene rings is 2. The van der Waals surface area contributed by atoms with E-state index < -0.39 is 5.82 Å². The topological polar surface area (TPSA) is 48.4 Å². The van der Waals surface area contributed by atoms with E-state index in [1.807, 2.05) is 24.3 Å². The molecule has 0 unspecified atom stereocenters. The SMILES string of the molecule is CCOC(=O)Cc1sc(-c2ccc(OC)cc2)nc1-c1ccc(Cl)c(F)c1. The summed E-state index contributed by atoms with van der Waals surface area (Å²) in [5, 5.41) is 0.763. The maximum absolute atomic E-state index is 13.9. The average Bonchev–Trinajstić information content (AvgIpc) is 3.08. The van der Waals surface area contributed by atoms with Crippen molar-refractivity contribution >= 4 is 28.9 Å². The molecule has 1 heterocycles. The van der Waals surface area contributed by atoms with Crippen LogP contribution in [-0.2, 0) is 16.0 Å². The van der Waals surface area contributed by atoms with E-state index in [0.29, 0.717) is 22.7 Å². The van der Waals surface area contributed by atoms with Gasteiger partial charge in [0.15, 0.2) is 0 Å². The Bertz CT molecular complexity index is 956. The van der Waals surface area contributed by atoms with Crippen molar-refractivity contribution in [3.05, 3.63) is 58.2 Å². The Morgan fingerprint density at radius 1 is 1.19 bits per heavy atom. The van der Waals surface area contributed by atoms with E-state index in [-0.39, 0.29) is 17.4 Å². The second-order valence-electron chi connectivity index (χ2n) is 5.63. The summed E-state index contributed by atoms with van der Waals surface area (Å²) in [6.45, 7) is 2.05. The molecule has 0 radical (unpaired) electrons. The lowest BCUT2D eigenvalue weighted by Gasteiger charge is -2.04. The number of hydrogen-bond acceptors (Lipinski definition) is 5. The molecule has 27 heavy (non-hydrogen) atoms. The standard InChI is InChI=1S/C20H17ClFNO3S/c1-3-26-18(24)11-17-19(13-6-9-15(21)16(22)10-13)23-20(27-17)12-4-7-14(25-2)8-5-12/h4-10H,3,11H2,1-2H3. The highest BCUT2D eigenvalue weighted by Gasteiger charge is 2.18. The normalized spacial score (nSPS) is 10.7. The molecule has 0 spiro atoms. The van der Waals surface area contributed by atoms with Crippen molar-refractivity contribution in [3.63, 3.8) is 0 Å². The molecule has 0 atom stereocenters. The molecule has 2 aromatic carbocycles. The fourth-order valence-corrected chi connectivity index (χ4v) is 3.73. The van der Waals surface area contributed by atoms with Gasteiger partial charge in [0, 0.05) is 16.0 Å². The first-order valence-electron chi connectivity index (χ1n) is 8.27. The number of methoxy groups -OCH3 is 1. The predicted molar refractivity (Wildman–Crippen MR) is 105 cm³/mol. The van der Waals surface area contributed by atoms with Gasteiger partial charge in [-0.3, -0.25) is 4.79 Å². The van der Waals surface area contributed by atoms with Gasteiger partial charge in [-0.1, -0.05) is 17.7 Å². The number of carbonyl (C=O) groups excluding carboxylic acids is 1. The Morgan fingerprint density at radius 3 is 2.52 bits per heavy atom. The Kier molecular flexibility index (Phi) is 6.08. The van der Waals surface area contributed by atoms with Gasteiger partial charge in [0.1, 0.15) is 16.6 Å². The molecular formula is C20H17ClFNO3S. The van der Waals surface area contributed by atoms with Gasteiger partial charge in [0.2, 0.25) is 0 Å². The smallest absolute Gasteiger partial charge is 0.311 e. The quantitative estimate of drug-likeness (QED) is 0.516. The number of aromatic nitrogens is 1. The molecule has 0 aliphatic heterocycles. The molecule has 140 valence electrons. The molecule has 0 aliphatic rings. The summed E-state index contributed by atoms with van der Waals surface area (Å²) in [5.41, 5.74) is 1.99. The van der Waals surface area contributed by atoms with Gasteiger partial charge in [0.25, 0.3) is 0 Å². The van der Waals surface area contributed by atoms with Gasteiger partial charge in [-0.2, -0.15) is 0 Å². The molecule has 3 aromatic rings. The lowest BCUT2D eigenvalue weighted by molar-refractivity contribution is -0.142. The molecular weight excluding hydrogens is 389 g/mol. The maximum Gasteiger partial charge on any atom is 0.311 e. The van der Waals surface area contributed by atoms with Crippen molar-refractivity contribution in [1.29, 1.82) is 0 Å². The van der Waals surface area contributed by atoms with E-state index in [0.717, 1.165) is 16.3 Å². The zero-order chi connectivity index (χ0) is 19.4. The maximum atomic E-state index is 13.9. The van der Waals surface area contributed by atoms with Crippen molar-refractivity contribution < 1.29 is 18.7 Å². The molecule has 4 nitrogen and oxygen atoms in total. The molecule has 7 heteroatoms. The lowest BCUT2D eigenvalue weighted by Crippen LogP contribution is -2.07. The fourth-order valence-electron chi connectivity index (χ4n) is 2.54. The molecule has 0 amide bonds. The van der Waals surface area contributed by atoms with Gasteiger partial charge in [-0.05, 0) is 43.3 Å². The lowest BCUT2D eigenvalue weighted by atomic mass is 10.1. The fraction of sp³-hybridized carbons (Fsp3) is 0.200. The van der Waals surface area contributed by atoms with Gasteiger partial charge in [-0.25, -0.2) is 9.37 Å². The van der Waals surface area contributed by atoms with E-state index in [4.69, 9.17) is 21.1 Å². The van der Waals surface area contributed by atoms with Crippen molar-refractivity contribution in [1.82, 2.24) is 4.98 Å². The highest BCUT2D eigenvalue weighted by molar-refractivity contribution is 7.15. The number of hydrogen-bond donors (Lipinski definition) is 0. The van der Waals surface area contributed by atoms with E-state index in [1.54, 1.807) is 20.1 Å². The summed E-state index contributed by atoms with van der Waals surface area (Å²) in [5.74, 6) is -0.143. The van der Waals surface area contributed by atoms with Crippen LogP contribution in [0.3, 0.4) is 0 Å². The summed E-state index contributed by atoms with van der Waals surface area (Å²) in [6, 6.07) is 11.9. The van der Waals surface area contributed by atoms with Gasteiger partial charge in [-0.15, -0.1) is 11.3 Å². The Balaban J connectivity index is 2.04. The van der Waals surface area contributed by atoms with Crippen LogP contribution in [0.15, 0.2) is 42.5 Å². The predicted octanol–water partition coefficient (Wildman–Crippen LogP) is 5.38. The van der Waals surface area contributed by atoms with Crippen molar-refractivity contribution in [2.24, 2.45) is 0 Å². The number of ether oxygens (including phenoxy) is 2. The van der Waals surface area contributed by atoms with E-state index in [9.17, 15) is 9.18 Å². The zero-order valence-corrected chi connectivity index (χ0v) is 16.4. The van der Waals surface area contributed by atoms with Crippen LogP contribution in [0.2, 0.25) is 5.02 Å². The third kappa shape index (κ3) is 4.46. The highest BCUT2D eigenvalue weighted by Crippen LogP contribution is 2.36. The number of nitrogens with zero attached hydrogens (tertiary/aromatic N) is 1. The van der Waals surface area contributed by atoms with Crippen molar-refractivity contribution in [3.8, 4) is 27.6 Å². The summed E-state index contributed by atoms with van der Waals surface area (Å²) >= 11 is 7.16. The van der Waals surface area contributed by atoms with Crippen LogP contribution in [0.25, 0.3) is 21.8 Å². The van der Waals surface area contributed by atoms with E-state index >= 15 is 0 Å². The summed E-state index contributed by atoms with van der Waals surface area (Å²) in [6.07, 6.45) is 0.0707. The molecule has 0 aliphatic carbocycles. The van der Waals surface area contributed by atoms with E-state index in [1.165, 1.54) is 23.5 Å². The van der Waals surface area contributed by atoms with Gasteiger partial charge in [0.05, 0.1) is 30.9 Å².